The molecule has 2 nitrogen and oxygen atoms in total. The second-order valence-corrected chi connectivity index (χ2v) is 6.85. The molecular weight excluding hydrogens is 220 g/mol. The molecule has 18 heavy (non-hydrogen) atoms. The van der Waals surface area contributed by atoms with Crippen LogP contribution in [0.5, 0.6) is 0 Å². The van der Waals surface area contributed by atoms with Gasteiger partial charge in [0.1, 0.15) is 0 Å². The minimum atomic E-state index is 0.414. The summed E-state index contributed by atoms with van der Waals surface area (Å²) in [6.45, 7) is 14.7. The molecule has 0 fully saturated rings. The van der Waals surface area contributed by atoms with Gasteiger partial charge in [0.05, 0.1) is 0 Å². The minimum Gasteiger partial charge on any atom is -0.330 e. The van der Waals surface area contributed by atoms with E-state index in [1.807, 2.05) is 0 Å². The Kier molecular flexibility index (Phi) is 9.76. The Hall–Kier alpha value is -0.0800. The summed E-state index contributed by atoms with van der Waals surface area (Å²) in [7, 11) is 0. The van der Waals surface area contributed by atoms with Crippen LogP contribution < -0.4 is 11.1 Å². The van der Waals surface area contributed by atoms with E-state index < -0.39 is 0 Å². The van der Waals surface area contributed by atoms with Gasteiger partial charge in [0.25, 0.3) is 0 Å². The summed E-state index contributed by atoms with van der Waals surface area (Å²) in [6.07, 6.45) is 6.46. The summed E-state index contributed by atoms with van der Waals surface area (Å²) in [6, 6.07) is 0. The smallest absolute Gasteiger partial charge is 0.00182 e. The Morgan fingerprint density at radius 3 is 2.28 bits per heavy atom. The highest BCUT2D eigenvalue weighted by atomic mass is 14.9. The maximum absolute atomic E-state index is 5.66. The van der Waals surface area contributed by atoms with E-state index in [0.717, 1.165) is 31.5 Å². The molecule has 0 saturated carbocycles. The van der Waals surface area contributed by atoms with Crippen LogP contribution in [0.3, 0.4) is 0 Å². The summed E-state index contributed by atoms with van der Waals surface area (Å²) in [5, 5.41) is 3.60. The first-order valence-corrected chi connectivity index (χ1v) is 7.82. The molecule has 0 aromatic carbocycles. The van der Waals surface area contributed by atoms with Gasteiger partial charge in [-0.3, -0.25) is 0 Å². The van der Waals surface area contributed by atoms with Gasteiger partial charge in [-0.25, -0.2) is 0 Å². The molecule has 0 radical (unpaired) electrons. The van der Waals surface area contributed by atoms with Gasteiger partial charge in [-0.1, -0.05) is 47.5 Å². The van der Waals surface area contributed by atoms with E-state index in [-0.39, 0.29) is 0 Å². The lowest BCUT2D eigenvalue weighted by atomic mass is 9.82. The van der Waals surface area contributed by atoms with Crippen LogP contribution in [0.4, 0.5) is 0 Å². The summed E-state index contributed by atoms with van der Waals surface area (Å²) < 4.78 is 0. The van der Waals surface area contributed by atoms with Gasteiger partial charge in [-0.2, -0.15) is 0 Å². The maximum atomic E-state index is 5.66. The predicted octanol–water partition coefficient (Wildman–Crippen LogP) is 3.80. The third kappa shape index (κ3) is 8.93. The van der Waals surface area contributed by atoms with Gasteiger partial charge >= 0.3 is 0 Å². The van der Waals surface area contributed by atoms with E-state index in [1.54, 1.807) is 0 Å². The summed E-state index contributed by atoms with van der Waals surface area (Å²) in [5.74, 6) is 1.58. The first-order chi connectivity index (χ1) is 8.41. The van der Waals surface area contributed by atoms with Crippen molar-refractivity contribution in [1.82, 2.24) is 5.32 Å². The second-order valence-electron chi connectivity index (χ2n) is 6.85. The maximum Gasteiger partial charge on any atom is -0.00182 e. The number of rotatable bonds is 10. The number of hydrogen-bond acceptors (Lipinski definition) is 2. The largest absolute Gasteiger partial charge is 0.330 e. The molecular formula is C16H36N2. The average molecular weight is 256 g/mol. The number of nitrogens with one attached hydrogen (secondary N) is 1. The monoisotopic (exact) mass is 256 g/mol. The van der Waals surface area contributed by atoms with Crippen LogP contribution in [0.15, 0.2) is 0 Å². The van der Waals surface area contributed by atoms with E-state index in [4.69, 9.17) is 5.73 Å². The third-order valence-electron chi connectivity index (χ3n) is 4.17. The second kappa shape index (κ2) is 9.80. The van der Waals surface area contributed by atoms with Crippen molar-refractivity contribution < 1.29 is 0 Å². The fourth-order valence-electron chi connectivity index (χ4n) is 2.22. The molecule has 0 spiro atoms. The zero-order valence-corrected chi connectivity index (χ0v) is 13.4. The molecule has 0 aliphatic carbocycles. The molecule has 0 saturated heterocycles. The van der Waals surface area contributed by atoms with Crippen LogP contribution in [0.1, 0.15) is 66.7 Å². The molecule has 0 aliphatic rings. The summed E-state index contributed by atoms with van der Waals surface area (Å²) >= 11 is 0. The van der Waals surface area contributed by atoms with Crippen molar-refractivity contribution in [2.24, 2.45) is 23.0 Å². The van der Waals surface area contributed by atoms with Crippen molar-refractivity contribution in [3.63, 3.8) is 0 Å². The lowest BCUT2D eigenvalue weighted by molar-refractivity contribution is 0.252. The van der Waals surface area contributed by atoms with Crippen molar-refractivity contribution >= 4 is 0 Å². The molecule has 0 aliphatic heterocycles. The Bertz CT molecular complexity index is 178. The number of hydrogen-bond donors (Lipinski definition) is 2. The fraction of sp³-hybridized carbons (Fsp3) is 1.00. The highest BCUT2D eigenvalue weighted by molar-refractivity contribution is 4.72. The van der Waals surface area contributed by atoms with Gasteiger partial charge in [0.15, 0.2) is 0 Å². The fourth-order valence-corrected chi connectivity index (χ4v) is 2.22. The van der Waals surface area contributed by atoms with Crippen LogP contribution in [0.2, 0.25) is 0 Å². The molecule has 2 heteroatoms. The molecule has 0 heterocycles. The van der Waals surface area contributed by atoms with Gasteiger partial charge in [0.2, 0.25) is 0 Å². The van der Waals surface area contributed by atoms with Crippen molar-refractivity contribution in [2.75, 3.05) is 19.6 Å². The molecule has 2 unspecified atom stereocenters. The Morgan fingerprint density at radius 1 is 1.11 bits per heavy atom. The third-order valence-corrected chi connectivity index (χ3v) is 4.17. The normalized spacial score (nSPS) is 15.7. The first-order valence-electron chi connectivity index (χ1n) is 7.82. The zero-order valence-electron chi connectivity index (χ0n) is 13.4. The van der Waals surface area contributed by atoms with Crippen LogP contribution in [0.25, 0.3) is 0 Å². The molecule has 2 atom stereocenters. The molecule has 0 aromatic heterocycles. The van der Waals surface area contributed by atoms with Crippen LogP contribution in [-0.4, -0.2) is 19.6 Å². The van der Waals surface area contributed by atoms with Crippen LogP contribution in [0, 0.1) is 17.3 Å². The van der Waals surface area contributed by atoms with Crippen molar-refractivity contribution in [1.29, 1.82) is 0 Å². The molecule has 0 rings (SSSR count). The predicted molar refractivity (Wildman–Crippen MR) is 82.8 cm³/mol. The van der Waals surface area contributed by atoms with Gasteiger partial charge in [0, 0.05) is 0 Å². The van der Waals surface area contributed by atoms with E-state index in [9.17, 15) is 0 Å². The highest BCUT2D eigenvalue weighted by Gasteiger charge is 2.19. The van der Waals surface area contributed by atoms with E-state index in [1.165, 1.54) is 32.1 Å². The van der Waals surface area contributed by atoms with Crippen LogP contribution >= 0.6 is 0 Å². The molecule has 0 bridgehead atoms. The Labute approximate surface area is 115 Å². The van der Waals surface area contributed by atoms with Gasteiger partial charge < -0.3 is 11.1 Å². The van der Waals surface area contributed by atoms with E-state index >= 15 is 0 Å². The lowest BCUT2D eigenvalue weighted by Crippen LogP contribution is -2.30. The van der Waals surface area contributed by atoms with E-state index in [2.05, 4.69) is 39.9 Å². The van der Waals surface area contributed by atoms with E-state index in [0.29, 0.717) is 5.41 Å². The van der Waals surface area contributed by atoms with Crippen molar-refractivity contribution in [2.45, 2.75) is 66.7 Å². The number of nitrogens with two attached hydrogens (primary N) is 1. The summed E-state index contributed by atoms with van der Waals surface area (Å²) in [5.41, 5.74) is 6.08. The van der Waals surface area contributed by atoms with Crippen molar-refractivity contribution in [3.05, 3.63) is 0 Å². The summed E-state index contributed by atoms with van der Waals surface area (Å²) in [4.78, 5) is 0. The standard InChI is InChI=1S/C16H36N2/c1-6-8-15(10-11-17)9-7-12-18-13-14(2)16(3,4)5/h14-15,18H,6-13,17H2,1-5H3. The van der Waals surface area contributed by atoms with Gasteiger partial charge in [-0.05, 0) is 56.1 Å². The SMILES string of the molecule is CCCC(CCN)CCCNCC(C)C(C)(C)C. The molecule has 0 amide bonds. The average Bonchev–Trinajstić information content (AvgIpc) is 2.27. The molecule has 110 valence electrons. The first kappa shape index (κ1) is 17.9. The minimum absolute atomic E-state index is 0.414. The zero-order chi connectivity index (χ0) is 14.0. The quantitative estimate of drug-likeness (QED) is 0.583. The molecule has 3 N–H and O–H groups in total. The van der Waals surface area contributed by atoms with Crippen LogP contribution in [-0.2, 0) is 0 Å². The van der Waals surface area contributed by atoms with Gasteiger partial charge in [-0.15, -0.1) is 0 Å². The van der Waals surface area contributed by atoms with Crippen molar-refractivity contribution in [3.8, 4) is 0 Å². The Balaban J connectivity index is 3.59. The Morgan fingerprint density at radius 2 is 1.78 bits per heavy atom. The highest BCUT2D eigenvalue weighted by Crippen LogP contribution is 2.24. The lowest BCUT2D eigenvalue weighted by Gasteiger charge is -2.27. The molecule has 0 aromatic rings. The topological polar surface area (TPSA) is 38.0 Å².